The van der Waals surface area contributed by atoms with E-state index in [1.54, 1.807) is 36.2 Å². The van der Waals surface area contributed by atoms with Gasteiger partial charge in [-0.3, -0.25) is 0 Å². The molecule has 1 aliphatic heterocycles. The molecule has 0 aromatic carbocycles. The number of rotatable bonds is 1. The van der Waals surface area contributed by atoms with E-state index < -0.39 is 0 Å². The van der Waals surface area contributed by atoms with Crippen LogP contribution in [0.2, 0.25) is 5.02 Å². The summed E-state index contributed by atoms with van der Waals surface area (Å²) in [5.41, 5.74) is 2.18. The van der Waals surface area contributed by atoms with Gasteiger partial charge in [0.1, 0.15) is 11.5 Å². The molecule has 3 rings (SSSR count). The summed E-state index contributed by atoms with van der Waals surface area (Å²) in [6.07, 6.45) is 5.02. The summed E-state index contributed by atoms with van der Waals surface area (Å²) in [6.45, 7) is 1.83. The number of halogens is 1. The van der Waals surface area contributed by atoms with Crippen molar-refractivity contribution in [2.45, 2.75) is 6.92 Å². The Morgan fingerprint density at radius 1 is 1.42 bits per heavy atom. The zero-order valence-corrected chi connectivity index (χ0v) is 11.2. The Labute approximate surface area is 114 Å². The second-order valence-electron chi connectivity index (χ2n) is 4.31. The van der Waals surface area contributed by atoms with Crippen molar-refractivity contribution in [2.24, 2.45) is 12.0 Å². The molecule has 2 aromatic rings. The Morgan fingerprint density at radius 3 is 2.89 bits per heavy atom. The molecule has 0 spiro atoms. The number of pyridine rings is 1. The number of aromatic hydroxyl groups is 1. The monoisotopic (exact) mass is 274 g/mol. The molecule has 0 saturated heterocycles. The van der Waals surface area contributed by atoms with E-state index in [2.05, 4.69) is 15.0 Å². The van der Waals surface area contributed by atoms with Gasteiger partial charge in [0.2, 0.25) is 5.88 Å². The van der Waals surface area contributed by atoms with Crippen molar-refractivity contribution in [2.75, 3.05) is 0 Å². The van der Waals surface area contributed by atoms with Crippen LogP contribution in [0.3, 0.4) is 0 Å². The smallest absolute Gasteiger partial charge is 0.218 e. The molecule has 0 bridgehead atoms. The Balaban J connectivity index is 2.10. The number of aryl methyl sites for hydroxylation is 1. The summed E-state index contributed by atoms with van der Waals surface area (Å²) in [5.74, 6) is 1.49. The molecule has 0 aliphatic carbocycles. The molecule has 6 heteroatoms. The second-order valence-corrected chi connectivity index (χ2v) is 4.75. The minimum Gasteiger partial charge on any atom is -0.493 e. The van der Waals surface area contributed by atoms with E-state index >= 15 is 0 Å². The van der Waals surface area contributed by atoms with Crippen molar-refractivity contribution in [1.29, 1.82) is 0 Å². The van der Waals surface area contributed by atoms with Crippen LogP contribution in [0.25, 0.3) is 11.6 Å². The molecule has 0 saturated carbocycles. The largest absolute Gasteiger partial charge is 0.493 e. The highest BCUT2D eigenvalue weighted by Crippen LogP contribution is 2.33. The minimum absolute atomic E-state index is 0.127. The van der Waals surface area contributed by atoms with Crippen molar-refractivity contribution >= 4 is 35.3 Å². The Bertz CT molecular complexity index is 730. The summed E-state index contributed by atoms with van der Waals surface area (Å²) >= 11 is 5.94. The predicted molar refractivity (Wildman–Crippen MR) is 74.9 cm³/mol. The topological polar surface area (TPSA) is 63.3 Å². The van der Waals surface area contributed by atoms with E-state index in [0.29, 0.717) is 16.5 Å². The standard InChI is InChI=1S/C13H11ClN4O/c1-7-17-11(13(19)18(7)2)3-8-5-15-12-10(8)4-9(14)6-16-12/h3-6,19H,1-2H3/b8-3-. The normalized spacial score (nSPS) is 15.2. The second kappa shape index (κ2) is 4.20. The third kappa shape index (κ3) is 1.92. The Morgan fingerprint density at radius 2 is 2.21 bits per heavy atom. The number of fused-ring (bicyclic) bond motifs is 1. The van der Waals surface area contributed by atoms with Crippen molar-refractivity contribution < 1.29 is 5.11 Å². The summed E-state index contributed by atoms with van der Waals surface area (Å²) in [6, 6.07) is 1.80. The molecule has 5 nitrogen and oxygen atoms in total. The highest BCUT2D eigenvalue weighted by molar-refractivity contribution is 6.31. The van der Waals surface area contributed by atoms with Gasteiger partial charge in [0.05, 0.1) is 5.02 Å². The number of aliphatic imine (C=N–C) groups is 1. The fourth-order valence-corrected chi connectivity index (χ4v) is 2.09. The van der Waals surface area contributed by atoms with Gasteiger partial charge < -0.3 is 9.67 Å². The quantitative estimate of drug-likeness (QED) is 0.870. The lowest BCUT2D eigenvalue weighted by molar-refractivity contribution is 0.429. The maximum Gasteiger partial charge on any atom is 0.218 e. The van der Waals surface area contributed by atoms with Gasteiger partial charge in [0, 0.05) is 30.6 Å². The fourth-order valence-electron chi connectivity index (χ4n) is 1.93. The molecule has 3 heterocycles. The molecular weight excluding hydrogens is 264 g/mol. The first kappa shape index (κ1) is 11.9. The lowest BCUT2D eigenvalue weighted by atomic mass is 10.1. The molecule has 0 radical (unpaired) electrons. The number of aromatic nitrogens is 3. The number of hydrogen-bond acceptors (Lipinski definition) is 4. The maximum atomic E-state index is 9.95. The first-order valence-corrected chi connectivity index (χ1v) is 6.08. The summed E-state index contributed by atoms with van der Waals surface area (Å²) in [5, 5.41) is 10.5. The van der Waals surface area contributed by atoms with Crippen LogP contribution < -0.4 is 0 Å². The van der Waals surface area contributed by atoms with Gasteiger partial charge in [-0.2, -0.15) is 0 Å². The molecule has 96 valence electrons. The molecular formula is C13H11ClN4O. The molecule has 2 aromatic heterocycles. The van der Waals surface area contributed by atoms with Gasteiger partial charge in [0.25, 0.3) is 0 Å². The Kier molecular flexibility index (Phi) is 2.64. The maximum absolute atomic E-state index is 9.95. The van der Waals surface area contributed by atoms with Gasteiger partial charge >= 0.3 is 0 Å². The lowest BCUT2D eigenvalue weighted by Crippen LogP contribution is -1.89. The number of allylic oxidation sites excluding steroid dienone is 1. The zero-order valence-electron chi connectivity index (χ0n) is 10.4. The third-order valence-electron chi connectivity index (χ3n) is 3.08. The van der Waals surface area contributed by atoms with Crippen LogP contribution in [0, 0.1) is 6.92 Å². The Hall–Kier alpha value is -2.14. The first-order valence-electron chi connectivity index (χ1n) is 5.70. The molecule has 0 amide bonds. The van der Waals surface area contributed by atoms with Gasteiger partial charge in [-0.15, -0.1) is 0 Å². The lowest BCUT2D eigenvalue weighted by Gasteiger charge is -1.99. The van der Waals surface area contributed by atoms with E-state index in [1.807, 2.05) is 6.92 Å². The van der Waals surface area contributed by atoms with Crippen molar-refractivity contribution in [3.8, 4) is 5.88 Å². The van der Waals surface area contributed by atoms with Crippen molar-refractivity contribution in [3.05, 3.63) is 34.4 Å². The van der Waals surface area contributed by atoms with Crippen LogP contribution in [0.4, 0.5) is 5.82 Å². The van der Waals surface area contributed by atoms with Gasteiger partial charge in [-0.1, -0.05) is 11.6 Å². The number of nitrogens with zero attached hydrogens (tertiary/aromatic N) is 4. The van der Waals surface area contributed by atoms with Crippen molar-refractivity contribution in [1.82, 2.24) is 14.5 Å². The molecule has 0 unspecified atom stereocenters. The van der Waals surface area contributed by atoms with Crippen molar-refractivity contribution in [3.63, 3.8) is 0 Å². The fraction of sp³-hybridized carbons (Fsp3) is 0.154. The number of imidazole rings is 1. The molecule has 19 heavy (non-hydrogen) atoms. The van der Waals surface area contributed by atoms with Crippen LogP contribution in [0.15, 0.2) is 17.3 Å². The van der Waals surface area contributed by atoms with Gasteiger partial charge in [-0.05, 0) is 19.1 Å². The van der Waals surface area contributed by atoms with E-state index in [1.165, 1.54) is 0 Å². The zero-order chi connectivity index (χ0) is 13.6. The first-order chi connectivity index (χ1) is 9.06. The molecule has 0 atom stereocenters. The summed E-state index contributed by atoms with van der Waals surface area (Å²) < 4.78 is 1.62. The minimum atomic E-state index is 0.127. The molecule has 1 aliphatic rings. The summed E-state index contributed by atoms with van der Waals surface area (Å²) in [7, 11) is 1.76. The van der Waals surface area contributed by atoms with Crippen LogP contribution in [0.1, 0.15) is 17.1 Å². The molecule has 1 N–H and O–H groups in total. The average molecular weight is 275 g/mol. The van der Waals surface area contributed by atoms with E-state index in [9.17, 15) is 5.11 Å². The molecule has 0 fully saturated rings. The SMILES string of the molecule is Cc1nc(/C=C2/C=Nc3ncc(Cl)cc32)c(O)n1C. The van der Waals surface area contributed by atoms with Crippen LogP contribution in [0.5, 0.6) is 5.88 Å². The van der Waals surface area contributed by atoms with E-state index in [-0.39, 0.29) is 5.88 Å². The van der Waals surface area contributed by atoms with Crippen LogP contribution in [-0.4, -0.2) is 25.9 Å². The van der Waals surface area contributed by atoms with Gasteiger partial charge in [0.15, 0.2) is 5.82 Å². The average Bonchev–Trinajstić information content (AvgIpc) is 2.88. The summed E-state index contributed by atoms with van der Waals surface area (Å²) in [4.78, 5) is 12.6. The third-order valence-corrected chi connectivity index (χ3v) is 3.28. The van der Waals surface area contributed by atoms with E-state index in [4.69, 9.17) is 11.6 Å². The highest BCUT2D eigenvalue weighted by atomic mass is 35.5. The van der Waals surface area contributed by atoms with Crippen LogP contribution >= 0.6 is 11.6 Å². The highest BCUT2D eigenvalue weighted by Gasteiger charge is 2.16. The van der Waals surface area contributed by atoms with Crippen LogP contribution in [-0.2, 0) is 7.05 Å². The van der Waals surface area contributed by atoms with Gasteiger partial charge in [-0.25, -0.2) is 15.0 Å². The number of hydrogen-bond donors (Lipinski definition) is 1. The predicted octanol–water partition coefficient (Wildman–Crippen LogP) is 2.74. The van der Waals surface area contributed by atoms with E-state index in [0.717, 1.165) is 17.0 Å².